The Morgan fingerprint density at radius 1 is 1.35 bits per heavy atom. The molecule has 26 heavy (non-hydrogen) atoms. The molecule has 0 aliphatic carbocycles. The fraction of sp³-hybridized carbons (Fsp3) is 0.263. The first-order chi connectivity index (χ1) is 12.5. The predicted octanol–water partition coefficient (Wildman–Crippen LogP) is 3.16. The smallest absolute Gasteiger partial charge is 0.227 e. The molecular weight excluding hydrogens is 359 g/mol. The lowest BCUT2D eigenvalue weighted by Crippen LogP contribution is -2.32. The first-order valence-electron chi connectivity index (χ1n) is 8.14. The van der Waals surface area contributed by atoms with Crippen LogP contribution in [0.25, 0.3) is 0 Å². The van der Waals surface area contributed by atoms with Crippen LogP contribution in [0.4, 0.5) is 10.1 Å². The summed E-state index contributed by atoms with van der Waals surface area (Å²) in [5, 5.41) is 2.79. The van der Waals surface area contributed by atoms with Crippen molar-refractivity contribution in [3.05, 3.63) is 58.9 Å². The van der Waals surface area contributed by atoms with Crippen LogP contribution in [0.5, 0.6) is 5.75 Å². The number of amides is 2. The maximum Gasteiger partial charge on any atom is 0.227 e. The third kappa shape index (κ3) is 3.96. The van der Waals surface area contributed by atoms with E-state index in [2.05, 4.69) is 5.32 Å². The third-order valence-corrected chi connectivity index (χ3v) is 4.60. The highest BCUT2D eigenvalue weighted by Gasteiger charge is 2.35. The van der Waals surface area contributed by atoms with Gasteiger partial charge in [-0.25, -0.2) is 4.39 Å². The first kappa shape index (κ1) is 18.2. The maximum atomic E-state index is 13.3. The molecule has 1 N–H and O–H groups in total. The summed E-state index contributed by atoms with van der Waals surface area (Å²) in [7, 11) is 1.58. The van der Waals surface area contributed by atoms with Crippen molar-refractivity contribution in [2.24, 2.45) is 5.92 Å². The van der Waals surface area contributed by atoms with E-state index in [1.54, 1.807) is 7.11 Å². The standard InChI is InChI=1S/C19H18ClFN2O3/c1-26-15-4-2-3-12(7-15)10-22-19(25)13-8-18(24)23(11-13)14-5-6-17(21)16(20)9-14/h2-7,9,13H,8,10-11H2,1H3,(H,22,25). The van der Waals surface area contributed by atoms with Crippen LogP contribution in [0.3, 0.4) is 0 Å². The lowest BCUT2D eigenvalue weighted by atomic mass is 10.1. The molecule has 5 nitrogen and oxygen atoms in total. The Labute approximate surface area is 155 Å². The summed E-state index contributed by atoms with van der Waals surface area (Å²) in [6.07, 6.45) is 0.110. The van der Waals surface area contributed by atoms with Gasteiger partial charge in [0.15, 0.2) is 0 Å². The Morgan fingerprint density at radius 3 is 2.88 bits per heavy atom. The van der Waals surface area contributed by atoms with Gasteiger partial charge in [-0.1, -0.05) is 23.7 Å². The highest BCUT2D eigenvalue weighted by Crippen LogP contribution is 2.28. The van der Waals surface area contributed by atoms with Crippen LogP contribution in [-0.4, -0.2) is 25.5 Å². The molecule has 0 aromatic heterocycles. The van der Waals surface area contributed by atoms with Crippen molar-refractivity contribution in [1.82, 2.24) is 5.32 Å². The highest BCUT2D eigenvalue weighted by atomic mass is 35.5. The van der Waals surface area contributed by atoms with Gasteiger partial charge >= 0.3 is 0 Å². The molecule has 1 atom stereocenters. The third-order valence-electron chi connectivity index (χ3n) is 4.31. The van der Waals surface area contributed by atoms with Crippen molar-refractivity contribution >= 4 is 29.1 Å². The van der Waals surface area contributed by atoms with Gasteiger partial charge in [0.05, 0.1) is 18.1 Å². The number of hydrogen-bond donors (Lipinski definition) is 1. The second-order valence-corrected chi connectivity index (χ2v) is 6.48. The lowest BCUT2D eigenvalue weighted by molar-refractivity contribution is -0.126. The minimum absolute atomic E-state index is 0.0544. The van der Waals surface area contributed by atoms with Gasteiger partial charge in [-0.05, 0) is 35.9 Å². The van der Waals surface area contributed by atoms with E-state index >= 15 is 0 Å². The number of carbonyl (C=O) groups is 2. The zero-order chi connectivity index (χ0) is 18.7. The van der Waals surface area contributed by atoms with Crippen molar-refractivity contribution in [3.63, 3.8) is 0 Å². The van der Waals surface area contributed by atoms with E-state index < -0.39 is 11.7 Å². The molecule has 1 fully saturated rings. The average Bonchev–Trinajstić information content (AvgIpc) is 3.04. The number of nitrogens with one attached hydrogen (secondary N) is 1. The van der Waals surface area contributed by atoms with Gasteiger partial charge in [0.2, 0.25) is 11.8 Å². The number of hydrogen-bond acceptors (Lipinski definition) is 3. The topological polar surface area (TPSA) is 58.6 Å². The minimum atomic E-state index is -0.547. The molecule has 1 aliphatic rings. The van der Waals surface area contributed by atoms with Crippen LogP contribution in [-0.2, 0) is 16.1 Å². The molecular formula is C19H18ClFN2O3. The summed E-state index contributed by atoms with van der Waals surface area (Å²) < 4.78 is 18.5. The van der Waals surface area contributed by atoms with E-state index in [4.69, 9.17) is 16.3 Å². The number of benzene rings is 2. The molecule has 2 aromatic carbocycles. The summed E-state index contributed by atoms with van der Waals surface area (Å²) in [5.41, 5.74) is 1.40. The van der Waals surface area contributed by atoms with Crippen molar-refractivity contribution < 1.29 is 18.7 Å². The quantitative estimate of drug-likeness (QED) is 0.872. The van der Waals surface area contributed by atoms with Gasteiger partial charge in [-0.2, -0.15) is 0 Å². The molecule has 2 amide bonds. The summed E-state index contributed by atoms with van der Waals surface area (Å²) in [4.78, 5) is 26.1. The van der Waals surface area contributed by atoms with Crippen molar-refractivity contribution in [2.75, 3.05) is 18.6 Å². The second kappa shape index (κ2) is 7.74. The summed E-state index contributed by atoms with van der Waals surface area (Å²) in [6.45, 7) is 0.591. The lowest BCUT2D eigenvalue weighted by Gasteiger charge is -2.17. The molecule has 1 saturated heterocycles. The monoisotopic (exact) mass is 376 g/mol. The fourth-order valence-electron chi connectivity index (χ4n) is 2.90. The molecule has 2 aromatic rings. The van der Waals surface area contributed by atoms with E-state index in [1.165, 1.54) is 23.1 Å². The minimum Gasteiger partial charge on any atom is -0.497 e. The molecule has 3 rings (SSSR count). The van der Waals surface area contributed by atoms with E-state index in [0.717, 1.165) is 5.56 Å². The molecule has 0 saturated carbocycles. The van der Waals surface area contributed by atoms with Gasteiger partial charge in [-0.15, -0.1) is 0 Å². The molecule has 0 radical (unpaired) electrons. The van der Waals surface area contributed by atoms with Crippen molar-refractivity contribution in [1.29, 1.82) is 0 Å². The number of ether oxygens (including phenoxy) is 1. The number of carbonyl (C=O) groups excluding carboxylic acids is 2. The van der Waals surface area contributed by atoms with Gasteiger partial charge in [-0.3, -0.25) is 9.59 Å². The van der Waals surface area contributed by atoms with Crippen LogP contribution in [0, 0.1) is 11.7 Å². The zero-order valence-corrected chi connectivity index (χ0v) is 14.9. The number of halogens is 2. The maximum absolute atomic E-state index is 13.3. The summed E-state index contributed by atoms with van der Waals surface area (Å²) >= 11 is 5.78. The van der Waals surface area contributed by atoms with Gasteiger partial charge in [0.1, 0.15) is 11.6 Å². The Hall–Kier alpha value is -2.60. The average molecular weight is 377 g/mol. The normalized spacial score (nSPS) is 16.7. The molecule has 1 unspecified atom stereocenters. The number of nitrogens with zero attached hydrogens (tertiary/aromatic N) is 1. The van der Waals surface area contributed by atoms with Crippen LogP contribution >= 0.6 is 11.6 Å². The highest BCUT2D eigenvalue weighted by molar-refractivity contribution is 6.31. The predicted molar refractivity (Wildman–Crippen MR) is 96.7 cm³/mol. The van der Waals surface area contributed by atoms with Crippen molar-refractivity contribution in [2.45, 2.75) is 13.0 Å². The molecule has 1 aliphatic heterocycles. The van der Waals surface area contributed by atoms with E-state index in [9.17, 15) is 14.0 Å². The Kier molecular flexibility index (Phi) is 5.42. The van der Waals surface area contributed by atoms with Crippen LogP contribution in [0.15, 0.2) is 42.5 Å². The second-order valence-electron chi connectivity index (χ2n) is 6.07. The van der Waals surface area contributed by atoms with Crippen molar-refractivity contribution in [3.8, 4) is 5.75 Å². The molecule has 1 heterocycles. The Bertz CT molecular complexity index is 843. The number of rotatable bonds is 5. The van der Waals surface area contributed by atoms with Crippen LogP contribution in [0.2, 0.25) is 5.02 Å². The Balaban J connectivity index is 1.62. The molecule has 7 heteroatoms. The molecule has 0 spiro atoms. The summed E-state index contributed by atoms with van der Waals surface area (Å²) in [6, 6.07) is 11.5. The van der Waals surface area contributed by atoms with Crippen LogP contribution in [0.1, 0.15) is 12.0 Å². The van der Waals surface area contributed by atoms with E-state index in [1.807, 2.05) is 24.3 Å². The van der Waals surface area contributed by atoms with E-state index in [0.29, 0.717) is 18.0 Å². The number of methoxy groups -OCH3 is 1. The fourth-order valence-corrected chi connectivity index (χ4v) is 3.08. The summed E-state index contributed by atoms with van der Waals surface area (Å²) in [5.74, 6) is -0.676. The van der Waals surface area contributed by atoms with E-state index in [-0.39, 0.29) is 29.8 Å². The van der Waals surface area contributed by atoms with Gasteiger partial charge < -0.3 is 15.0 Å². The largest absolute Gasteiger partial charge is 0.497 e. The number of anilines is 1. The van der Waals surface area contributed by atoms with Gasteiger partial charge in [0, 0.05) is 25.2 Å². The molecule has 136 valence electrons. The van der Waals surface area contributed by atoms with Crippen LogP contribution < -0.4 is 15.0 Å². The Morgan fingerprint density at radius 2 is 2.15 bits per heavy atom. The first-order valence-corrected chi connectivity index (χ1v) is 8.52. The van der Waals surface area contributed by atoms with Gasteiger partial charge in [0.25, 0.3) is 0 Å². The SMILES string of the molecule is COc1cccc(CNC(=O)C2CC(=O)N(c3ccc(F)c(Cl)c3)C2)c1. The zero-order valence-electron chi connectivity index (χ0n) is 14.2. The molecule has 0 bridgehead atoms.